The molecular formula is C15H11FO3. The third-order valence-corrected chi connectivity index (χ3v) is 3.27. The van der Waals surface area contributed by atoms with Crippen LogP contribution in [0.3, 0.4) is 0 Å². The molecule has 0 aliphatic carbocycles. The van der Waals surface area contributed by atoms with Crippen LogP contribution in [0.2, 0.25) is 0 Å². The molecule has 3 rings (SSSR count). The van der Waals surface area contributed by atoms with Gasteiger partial charge in [-0.15, -0.1) is 0 Å². The average Bonchev–Trinajstić information content (AvgIpc) is 2.89. The van der Waals surface area contributed by atoms with Crippen molar-refractivity contribution >= 4 is 11.0 Å². The molecule has 0 N–H and O–H groups in total. The average molecular weight is 258 g/mol. The predicted octanol–water partition coefficient (Wildman–Crippen LogP) is 3.81. The Morgan fingerprint density at radius 1 is 1.21 bits per heavy atom. The van der Waals surface area contributed by atoms with Gasteiger partial charge in [-0.25, -0.2) is 9.18 Å². The molecule has 96 valence electrons. The Kier molecular flexibility index (Phi) is 2.52. The van der Waals surface area contributed by atoms with Crippen LogP contribution in [0, 0.1) is 19.7 Å². The zero-order valence-corrected chi connectivity index (χ0v) is 10.5. The molecule has 0 atom stereocenters. The van der Waals surface area contributed by atoms with Gasteiger partial charge in [0.15, 0.2) is 0 Å². The SMILES string of the molecule is Cc1cc2oc(=O)c(-c3ccco3)cc2c(F)c1C. The summed E-state index contributed by atoms with van der Waals surface area (Å²) in [4.78, 5) is 11.9. The van der Waals surface area contributed by atoms with Gasteiger partial charge in [0, 0.05) is 0 Å². The highest BCUT2D eigenvalue weighted by Gasteiger charge is 2.15. The summed E-state index contributed by atoms with van der Waals surface area (Å²) in [6.07, 6.45) is 1.45. The van der Waals surface area contributed by atoms with E-state index in [2.05, 4.69) is 0 Å². The number of fused-ring (bicyclic) bond motifs is 1. The zero-order chi connectivity index (χ0) is 13.6. The van der Waals surface area contributed by atoms with E-state index in [1.807, 2.05) is 0 Å². The van der Waals surface area contributed by atoms with Gasteiger partial charge in [0.25, 0.3) is 0 Å². The summed E-state index contributed by atoms with van der Waals surface area (Å²) in [5.74, 6) is -0.000154. The predicted molar refractivity (Wildman–Crippen MR) is 69.6 cm³/mol. The number of rotatable bonds is 1. The minimum atomic E-state index is -0.537. The van der Waals surface area contributed by atoms with E-state index >= 15 is 0 Å². The summed E-state index contributed by atoms with van der Waals surface area (Å²) in [5, 5.41) is 0.286. The van der Waals surface area contributed by atoms with Crippen molar-refractivity contribution in [3.63, 3.8) is 0 Å². The van der Waals surface area contributed by atoms with Crippen LogP contribution in [0.1, 0.15) is 11.1 Å². The van der Waals surface area contributed by atoms with E-state index in [1.54, 1.807) is 32.0 Å². The summed E-state index contributed by atoms with van der Waals surface area (Å²) in [6.45, 7) is 3.47. The van der Waals surface area contributed by atoms with Crippen molar-refractivity contribution in [2.45, 2.75) is 13.8 Å². The number of aryl methyl sites for hydroxylation is 1. The molecule has 0 aliphatic rings. The molecule has 0 amide bonds. The molecule has 0 radical (unpaired) electrons. The maximum Gasteiger partial charge on any atom is 0.347 e. The number of benzene rings is 1. The minimum absolute atomic E-state index is 0.222. The van der Waals surface area contributed by atoms with Crippen LogP contribution in [0.5, 0.6) is 0 Å². The van der Waals surface area contributed by atoms with Crippen molar-refractivity contribution < 1.29 is 13.2 Å². The molecule has 0 unspecified atom stereocenters. The molecule has 3 nitrogen and oxygen atoms in total. The zero-order valence-electron chi connectivity index (χ0n) is 10.5. The quantitative estimate of drug-likeness (QED) is 0.623. The highest BCUT2D eigenvalue weighted by molar-refractivity contribution is 5.83. The molecule has 2 aromatic heterocycles. The maximum absolute atomic E-state index is 14.2. The lowest BCUT2D eigenvalue weighted by Gasteiger charge is -2.06. The van der Waals surface area contributed by atoms with Gasteiger partial charge in [0.1, 0.15) is 22.7 Å². The number of hydrogen-bond acceptors (Lipinski definition) is 3. The van der Waals surface area contributed by atoms with Crippen molar-refractivity contribution in [2.75, 3.05) is 0 Å². The Morgan fingerprint density at radius 3 is 2.68 bits per heavy atom. The van der Waals surface area contributed by atoms with Crippen LogP contribution in [0.4, 0.5) is 4.39 Å². The van der Waals surface area contributed by atoms with Gasteiger partial charge >= 0.3 is 5.63 Å². The summed E-state index contributed by atoms with van der Waals surface area (Å²) in [7, 11) is 0. The van der Waals surface area contributed by atoms with E-state index in [0.717, 1.165) is 5.56 Å². The van der Waals surface area contributed by atoms with Gasteiger partial charge in [-0.1, -0.05) is 0 Å². The van der Waals surface area contributed by atoms with E-state index < -0.39 is 5.63 Å². The summed E-state index contributed by atoms with van der Waals surface area (Å²) in [6, 6.07) is 6.44. The molecule has 0 saturated carbocycles. The molecule has 0 fully saturated rings. The summed E-state index contributed by atoms with van der Waals surface area (Å²) < 4.78 is 24.6. The first kappa shape index (κ1) is 11.7. The fraction of sp³-hybridized carbons (Fsp3) is 0.133. The molecular weight excluding hydrogens is 247 g/mol. The normalized spacial score (nSPS) is 11.1. The molecule has 0 spiro atoms. The van der Waals surface area contributed by atoms with Gasteiger partial charge in [-0.3, -0.25) is 0 Å². The van der Waals surface area contributed by atoms with Crippen LogP contribution in [0.25, 0.3) is 22.3 Å². The van der Waals surface area contributed by atoms with Crippen LogP contribution >= 0.6 is 0 Å². The van der Waals surface area contributed by atoms with Gasteiger partial charge in [-0.2, -0.15) is 0 Å². The van der Waals surface area contributed by atoms with E-state index in [9.17, 15) is 9.18 Å². The van der Waals surface area contributed by atoms with E-state index in [4.69, 9.17) is 8.83 Å². The lowest BCUT2D eigenvalue weighted by Crippen LogP contribution is -2.03. The molecule has 1 aromatic carbocycles. The highest BCUT2D eigenvalue weighted by Crippen LogP contribution is 2.26. The Morgan fingerprint density at radius 2 is 2.00 bits per heavy atom. The fourth-order valence-electron chi connectivity index (χ4n) is 2.05. The van der Waals surface area contributed by atoms with Gasteiger partial charge in [0.05, 0.1) is 11.6 Å². The first-order valence-corrected chi connectivity index (χ1v) is 5.85. The standard InChI is InChI=1S/C15H11FO3/c1-8-6-13-10(14(16)9(8)2)7-11(15(17)19-13)12-4-3-5-18-12/h3-7H,1-2H3. The highest BCUT2D eigenvalue weighted by atomic mass is 19.1. The topological polar surface area (TPSA) is 43.4 Å². The maximum atomic E-state index is 14.2. The number of hydrogen-bond donors (Lipinski definition) is 0. The lowest BCUT2D eigenvalue weighted by atomic mass is 10.0. The van der Waals surface area contributed by atoms with Crippen LogP contribution in [0.15, 0.2) is 44.2 Å². The molecule has 0 aliphatic heterocycles. The minimum Gasteiger partial charge on any atom is -0.464 e. The van der Waals surface area contributed by atoms with Crippen molar-refractivity contribution in [3.8, 4) is 11.3 Å². The first-order valence-electron chi connectivity index (χ1n) is 5.85. The lowest BCUT2D eigenvalue weighted by molar-refractivity contribution is 0.543. The van der Waals surface area contributed by atoms with Gasteiger partial charge in [-0.05, 0) is 49.2 Å². The molecule has 0 saturated heterocycles. The Bertz CT molecular complexity index is 814. The van der Waals surface area contributed by atoms with Gasteiger partial charge < -0.3 is 8.83 Å². The molecule has 3 aromatic rings. The van der Waals surface area contributed by atoms with Gasteiger partial charge in [0.2, 0.25) is 0 Å². The van der Waals surface area contributed by atoms with Crippen molar-refractivity contribution in [1.82, 2.24) is 0 Å². The van der Waals surface area contributed by atoms with Crippen LogP contribution in [-0.2, 0) is 0 Å². The first-order chi connectivity index (χ1) is 9.08. The molecule has 4 heteroatoms. The van der Waals surface area contributed by atoms with Crippen LogP contribution < -0.4 is 5.63 Å². The second kappa shape index (κ2) is 4.09. The van der Waals surface area contributed by atoms with Crippen molar-refractivity contribution in [1.29, 1.82) is 0 Å². The molecule has 0 bridgehead atoms. The smallest absolute Gasteiger partial charge is 0.347 e. The monoisotopic (exact) mass is 258 g/mol. The third-order valence-electron chi connectivity index (χ3n) is 3.27. The third kappa shape index (κ3) is 1.76. The molecule has 2 heterocycles. The summed E-state index contributed by atoms with van der Waals surface area (Å²) in [5.41, 5.74) is 1.23. The largest absolute Gasteiger partial charge is 0.464 e. The number of halogens is 1. The second-order valence-corrected chi connectivity index (χ2v) is 4.47. The Hall–Kier alpha value is -2.36. The Labute approximate surface area is 108 Å². The van der Waals surface area contributed by atoms with E-state index in [1.165, 1.54) is 12.3 Å². The van der Waals surface area contributed by atoms with Crippen molar-refractivity contribution in [3.05, 3.63) is 57.9 Å². The van der Waals surface area contributed by atoms with E-state index in [0.29, 0.717) is 11.3 Å². The van der Waals surface area contributed by atoms with Crippen molar-refractivity contribution in [2.24, 2.45) is 0 Å². The fourth-order valence-corrected chi connectivity index (χ4v) is 2.05. The second-order valence-electron chi connectivity index (χ2n) is 4.47. The van der Waals surface area contributed by atoms with E-state index in [-0.39, 0.29) is 22.3 Å². The number of furan rings is 1. The van der Waals surface area contributed by atoms with Crippen LogP contribution in [-0.4, -0.2) is 0 Å². The Balaban J connectivity index is 2.40. The molecule has 19 heavy (non-hydrogen) atoms. The summed E-state index contributed by atoms with van der Waals surface area (Å²) >= 11 is 0.